The minimum atomic E-state index is 0.291. The molecule has 0 amide bonds. The first-order chi connectivity index (χ1) is 12.8. The SMILES string of the molecule is Clc1ccc(-c2nc(CN(C[C@H]3CCCO3)C[C@@H]3CCCO3)no2)cc1. The van der Waals surface area contributed by atoms with E-state index in [4.69, 9.17) is 25.6 Å². The molecule has 2 saturated heterocycles. The van der Waals surface area contributed by atoms with Crippen LogP contribution in [0.1, 0.15) is 31.5 Å². The second-order valence-corrected chi connectivity index (χ2v) is 7.42. The zero-order valence-corrected chi connectivity index (χ0v) is 15.5. The lowest BCUT2D eigenvalue weighted by Crippen LogP contribution is -2.37. The van der Waals surface area contributed by atoms with Crippen LogP contribution in [0.5, 0.6) is 0 Å². The van der Waals surface area contributed by atoms with Crippen LogP contribution in [0.2, 0.25) is 5.02 Å². The molecule has 0 aliphatic carbocycles. The number of hydrogen-bond acceptors (Lipinski definition) is 6. The van der Waals surface area contributed by atoms with Gasteiger partial charge in [0.2, 0.25) is 0 Å². The van der Waals surface area contributed by atoms with Crippen molar-refractivity contribution in [2.45, 2.75) is 44.4 Å². The van der Waals surface area contributed by atoms with Gasteiger partial charge in [0.05, 0.1) is 18.8 Å². The quantitative estimate of drug-likeness (QED) is 0.735. The lowest BCUT2D eigenvalue weighted by Gasteiger charge is -2.26. The monoisotopic (exact) mass is 377 g/mol. The lowest BCUT2D eigenvalue weighted by molar-refractivity contribution is 0.0334. The van der Waals surface area contributed by atoms with E-state index in [0.717, 1.165) is 57.6 Å². The van der Waals surface area contributed by atoms with Crippen molar-refractivity contribution in [2.24, 2.45) is 0 Å². The summed E-state index contributed by atoms with van der Waals surface area (Å²) < 4.78 is 17.1. The summed E-state index contributed by atoms with van der Waals surface area (Å²) in [6.45, 7) is 4.12. The summed E-state index contributed by atoms with van der Waals surface area (Å²) in [5.74, 6) is 1.21. The molecule has 0 spiro atoms. The van der Waals surface area contributed by atoms with Gasteiger partial charge in [0.1, 0.15) is 0 Å². The third-order valence-electron chi connectivity index (χ3n) is 4.90. The zero-order valence-electron chi connectivity index (χ0n) is 14.8. The Balaban J connectivity index is 1.42. The average Bonchev–Trinajstić information content (AvgIpc) is 3.38. The highest BCUT2D eigenvalue weighted by molar-refractivity contribution is 6.30. The summed E-state index contributed by atoms with van der Waals surface area (Å²) in [4.78, 5) is 6.89. The van der Waals surface area contributed by atoms with Crippen LogP contribution in [0, 0.1) is 0 Å². The Morgan fingerprint density at radius 2 is 1.65 bits per heavy atom. The van der Waals surface area contributed by atoms with Crippen LogP contribution < -0.4 is 0 Å². The highest BCUT2D eigenvalue weighted by atomic mass is 35.5. The van der Waals surface area contributed by atoms with Crippen molar-refractivity contribution >= 4 is 11.6 Å². The second-order valence-electron chi connectivity index (χ2n) is 6.99. The van der Waals surface area contributed by atoms with E-state index in [9.17, 15) is 0 Å². The molecule has 3 heterocycles. The van der Waals surface area contributed by atoms with Gasteiger partial charge in [-0.25, -0.2) is 0 Å². The molecule has 0 radical (unpaired) electrons. The highest BCUT2D eigenvalue weighted by Crippen LogP contribution is 2.22. The first-order valence-electron chi connectivity index (χ1n) is 9.30. The van der Waals surface area contributed by atoms with Gasteiger partial charge in [-0.1, -0.05) is 16.8 Å². The summed E-state index contributed by atoms with van der Waals surface area (Å²) >= 11 is 5.94. The Bertz CT molecular complexity index is 676. The molecule has 140 valence electrons. The maximum absolute atomic E-state index is 5.94. The topological polar surface area (TPSA) is 60.6 Å². The molecule has 2 aromatic rings. The third kappa shape index (κ3) is 4.62. The summed E-state index contributed by atoms with van der Waals surface area (Å²) in [5.41, 5.74) is 0.873. The van der Waals surface area contributed by atoms with Gasteiger partial charge >= 0.3 is 0 Å². The Morgan fingerprint density at radius 1 is 1.00 bits per heavy atom. The largest absolute Gasteiger partial charge is 0.377 e. The minimum Gasteiger partial charge on any atom is -0.377 e. The molecule has 2 atom stereocenters. The molecule has 26 heavy (non-hydrogen) atoms. The number of hydrogen-bond donors (Lipinski definition) is 0. The van der Waals surface area contributed by atoms with Gasteiger partial charge in [-0.05, 0) is 49.9 Å². The number of aromatic nitrogens is 2. The van der Waals surface area contributed by atoms with E-state index in [1.54, 1.807) is 0 Å². The maximum atomic E-state index is 5.94. The van der Waals surface area contributed by atoms with Crippen LogP contribution in [-0.2, 0) is 16.0 Å². The van der Waals surface area contributed by atoms with Gasteiger partial charge in [-0.15, -0.1) is 0 Å². The molecule has 1 aromatic carbocycles. The molecule has 7 heteroatoms. The van der Waals surface area contributed by atoms with Gasteiger partial charge in [-0.2, -0.15) is 4.98 Å². The average molecular weight is 378 g/mol. The van der Waals surface area contributed by atoms with E-state index < -0.39 is 0 Å². The lowest BCUT2D eigenvalue weighted by atomic mass is 10.2. The fraction of sp³-hybridized carbons (Fsp3) is 0.579. The van der Waals surface area contributed by atoms with E-state index in [1.165, 1.54) is 0 Å². The Labute approximate surface area is 158 Å². The molecule has 0 N–H and O–H groups in total. The predicted molar refractivity (Wildman–Crippen MR) is 98.0 cm³/mol. The van der Waals surface area contributed by atoms with E-state index in [0.29, 0.717) is 35.5 Å². The molecule has 0 bridgehead atoms. The molecular formula is C19H24ClN3O3. The van der Waals surface area contributed by atoms with E-state index in [2.05, 4.69) is 15.0 Å². The van der Waals surface area contributed by atoms with Crippen LogP contribution in [0.3, 0.4) is 0 Å². The summed E-state index contributed by atoms with van der Waals surface area (Å²) in [6, 6.07) is 7.41. The molecule has 1 aromatic heterocycles. The Morgan fingerprint density at radius 3 is 2.23 bits per heavy atom. The number of ether oxygens (including phenoxy) is 2. The van der Waals surface area contributed by atoms with Crippen molar-refractivity contribution in [1.29, 1.82) is 0 Å². The van der Waals surface area contributed by atoms with Crippen LogP contribution in [0.25, 0.3) is 11.5 Å². The highest BCUT2D eigenvalue weighted by Gasteiger charge is 2.25. The number of rotatable bonds is 7. The number of halogens is 1. The standard InChI is InChI=1S/C19H24ClN3O3/c20-15-7-5-14(6-8-15)19-21-18(22-26-19)13-23(11-16-3-1-9-24-16)12-17-4-2-10-25-17/h5-8,16-17H,1-4,9-13H2/t16-,17+. The summed E-state index contributed by atoms with van der Waals surface area (Å²) in [7, 11) is 0. The van der Waals surface area contributed by atoms with Crippen molar-refractivity contribution in [3.05, 3.63) is 35.1 Å². The first-order valence-corrected chi connectivity index (χ1v) is 9.68. The van der Waals surface area contributed by atoms with Gasteiger partial charge in [-0.3, -0.25) is 4.90 Å². The van der Waals surface area contributed by atoms with Gasteiger partial charge in [0.15, 0.2) is 5.82 Å². The van der Waals surface area contributed by atoms with Crippen molar-refractivity contribution < 1.29 is 14.0 Å². The van der Waals surface area contributed by atoms with Crippen LogP contribution in [0.15, 0.2) is 28.8 Å². The molecule has 2 fully saturated rings. The molecule has 4 rings (SSSR count). The van der Waals surface area contributed by atoms with Gasteiger partial charge in [0, 0.05) is 36.9 Å². The molecule has 2 aliphatic heterocycles. The molecule has 0 unspecified atom stereocenters. The first kappa shape index (κ1) is 17.9. The van der Waals surface area contributed by atoms with Crippen molar-refractivity contribution in [2.75, 3.05) is 26.3 Å². The normalized spacial score (nSPS) is 23.2. The predicted octanol–water partition coefficient (Wildman–Crippen LogP) is 3.55. The number of benzene rings is 1. The fourth-order valence-corrected chi connectivity index (χ4v) is 3.71. The van der Waals surface area contributed by atoms with Crippen molar-refractivity contribution in [1.82, 2.24) is 15.0 Å². The second kappa shape index (κ2) is 8.48. The van der Waals surface area contributed by atoms with Crippen molar-refractivity contribution in [3.63, 3.8) is 0 Å². The third-order valence-corrected chi connectivity index (χ3v) is 5.15. The van der Waals surface area contributed by atoms with E-state index in [-0.39, 0.29) is 0 Å². The fourth-order valence-electron chi connectivity index (χ4n) is 3.58. The van der Waals surface area contributed by atoms with E-state index >= 15 is 0 Å². The van der Waals surface area contributed by atoms with Crippen LogP contribution in [-0.4, -0.2) is 53.6 Å². The molecular weight excluding hydrogens is 354 g/mol. The Kier molecular flexibility index (Phi) is 5.84. The van der Waals surface area contributed by atoms with Crippen LogP contribution in [0.4, 0.5) is 0 Å². The van der Waals surface area contributed by atoms with Crippen molar-refractivity contribution in [3.8, 4) is 11.5 Å². The Hall–Kier alpha value is -1.47. The van der Waals surface area contributed by atoms with E-state index in [1.807, 2.05) is 24.3 Å². The minimum absolute atomic E-state index is 0.291. The smallest absolute Gasteiger partial charge is 0.257 e. The van der Waals surface area contributed by atoms with Gasteiger partial charge in [0.25, 0.3) is 5.89 Å². The summed E-state index contributed by atoms with van der Waals surface area (Å²) in [6.07, 6.45) is 5.09. The molecule has 6 nitrogen and oxygen atoms in total. The maximum Gasteiger partial charge on any atom is 0.257 e. The molecule has 2 aliphatic rings. The number of nitrogens with zero attached hydrogens (tertiary/aromatic N) is 3. The molecule has 0 saturated carbocycles. The van der Waals surface area contributed by atoms with Crippen LogP contribution >= 0.6 is 11.6 Å². The van der Waals surface area contributed by atoms with Gasteiger partial charge < -0.3 is 14.0 Å². The zero-order chi connectivity index (χ0) is 17.8. The summed E-state index contributed by atoms with van der Waals surface area (Å²) in [5, 5.41) is 4.85.